The average Bonchev–Trinajstić information content (AvgIpc) is 3.14. The van der Waals surface area contributed by atoms with Crippen molar-refractivity contribution in [1.82, 2.24) is 9.88 Å². The van der Waals surface area contributed by atoms with Crippen LogP contribution in [0.1, 0.15) is 19.3 Å². The minimum atomic E-state index is -0.343. The summed E-state index contributed by atoms with van der Waals surface area (Å²) in [6.45, 7) is 1.47. The van der Waals surface area contributed by atoms with Crippen molar-refractivity contribution in [1.29, 1.82) is 0 Å². The lowest BCUT2D eigenvalue weighted by atomic mass is 10.3. The van der Waals surface area contributed by atoms with Crippen LogP contribution in [-0.4, -0.2) is 48.7 Å². The van der Waals surface area contributed by atoms with E-state index < -0.39 is 0 Å². The van der Waals surface area contributed by atoms with Crippen LogP contribution in [0.3, 0.4) is 0 Å². The van der Waals surface area contributed by atoms with Crippen molar-refractivity contribution in [2.24, 2.45) is 0 Å². The van der Waals surface area contributed by atoms with Crippen LogP contribution in [0.25, 0.3) is 10.2 Å². The zero-order valence-corrected chi connectivity index (χ0v) is 18.4. The van der Waals surface area contributed by atoms with Gasteiger partial charge < -0.3 is 4.90 Å². The first-order valence-electron chi connectivity index (χ1n) is 9.72. The van der Waals surface area contributed by atoms with E-state index in [0.29, 0.717) is 23.6 Å². The number of aromatic nitrogens is 1. The molecule has 0 saturated carbocycles. The first-order chi connectivity index (χ1) is 14.0. The average molecular weight is 432 g/mol. The predicted octanol–water partition coefficient (Wildman–Crippen LogP) is 5.29. The number of fused-ring (bicyclic) bond motifs is 1. The number of carbonyl (C=O) groups is 1. The number of hydrogen-bond donors (Lipinski definition) is 0. The van der Waals surface area contributed by atoms with E-state index in [9.17, 15) is 9.18 Å². The highest BCUT2D eigenvalue weighted by molar-refractivity contribution is 7.99. The fourth-order valence-corrected chi connectivity index (χ4v) is 4.85. The number of nitrogens with zero attached hydrogens (tertiary/aromatic N) is 3. The molecule has 1 heterocycles. The number of benzene rings is 2. The van der Waals surface area contributed by atoms with Gasteiger partial charge in [0.2, 0.25) is 5.91 Å². The maximum absolute atomic E-state index is 14.1. The van der Waals surface area contributed by atoms with Crippen LogP contribution < -0.4 is 4.90 Å². The molecule has 0 spiro atoms. The van der Waals surface area contributed by atoms with Crippen molar-refractivity contribution < 1.29 is 9.18 Å². The third-order valence-corrected chi connectivity index (χ3v) is 6.57. The fourth-order valence-electron chi connectivity index (χ4n) is 2.96. The monoisotopic (exact) mass is 431 g/mol. The quantitative estimate of drug-likeness (QED) is 0.323. The minimum Gasteiger partial charge on any atom is -0.309 e. The molecule has 29 heavy (non-hydrogen) atoms. The number of carbonyl (C=O) groups excluding carboxylic acids is 1. The lowest BCUT2D eigenvalue weighted by Gasteiger charge is -2.21. The van der Waals surface area contributed by atoms with E-state index in [1.54, 1.807) is 22.7 Å². The molecule has 154 valence electrons. The number of halogens is 1. The molecule has 0 N–H and O–H groups in total. The molecule has 0 atom stereocenters. The lowest BCUT2D eigenvalue weighted by molar-refractivity contribution is -0.118. The molecule has 0 unspecified atom stereocenters. The van der Waals surface area contributed by atoms with E-state index in [0.717, 1.165) is 29.8 Å². The van der Waals surface area contributed by atoms with Gasteiger partial charge >= 0.3 is 0 Å². The molecule has 1 amide bonds. The van der Waals surface area contributed by atoms with Crippen LogP contribution in [0, 0.1) is 5.82 Å². The second kappa shape index (κ2) is 10.7. The van der Waals surface area contributed by atoms with Crippen molar-refractivity contribution in [3.8, 4) is 0 Å². The Bertz CT molecular complexity index is 930. The summed E-state index contributed by atoms with van der Waals surface area (Å²) in [5.74, 6) is 0.595. The molecule has 0 radical (unpaired) electrons. The van der Waals surface area contributed by atoms with E-state index in [-0.39, 0.29) is 11.7 Å². The number of thioether (sulfide) groups is 1. The molecular weight excluding hydrogens is 405 g/mol. The summed E-state index contributed by atoms with van der Waals surface area (Å²) in [7, 11) is 4.03. The van der Waals surface area contributed by atoms with Gasteiger partial charge in [0.05, 0.1) is 4.70 Å². The second-order valence-electron chi connectivity index (χ2n) is 7.05. The Labute approximate surface area is 179 Å². The van der Waals surface area contributed by atoms with E-state index in [4.69, 9.17) is 0 Å². The number of amides is 1. The van der Waals surface area contributed by atoms with Gasteiger partial charge in [-0.05, 0) is 63.5 Å². The molecule has 1 aromatic heterocycles. The zero-order valence-electron chi connectivity index (χ0n) is 16.8. The first kappa shape index (κ1) is 21.7. The van der Waals surface area contributed by atoms with Crippen LogP contribution >= 0.6 is 23.1 Å². The van der Waals surface area contributed by atoms with Crippen molar-refractivity contribution in [2.75, 3.05) is 37.8 Å². The number of rotatable bonds is 10. The maximum atomic E-state index is 14.1. The minimum absolute atomic E-state index is 0.0527. The summed E-state index contributed by atoms with van der Waals surface area (Å²) >= 11 is 3.14. The third-order valence-electron chi connectivity index (χ3n) is 4.42. The normalized spacial score (nSPS) is 11.3. The van der Waals surface area contributed by atoms with Crippen molar-refractivity contribution >= 4 is 44.4 Å². The molecule has 0 aliphatic rings. The first-order valence-corrected chi connectivity index (χ1v) is 11.5. The van der Waals surface area contributed by atoms with Gasteiger partial charge in [0, 0.05) is 17.9 Å². The van der Waals surface area contributed by atoms with Gasteiger partial charge in [0.25, 0.3) is 0 Å². The van der Waals surface area contributed by atoms with Gasteiger partial charge in [-0.2, -0.15) is 0 Å². The Kier molecular flexibility index (Phi) is 8.03. The molecule has 3 aromatic rings. The predicted molar refractivity (Wildman–Crippen MR) is 122 cm³/mol. The Morgan fingerprint density at radius 2 is 1.86 bits per heavy atom. The van der Waals surface area contributed by atoms with Crippen molar-refractivity contribution in [3.05, 3.63) is 54.3 Å². The SMILES string of the molecule is CN(C)CCCN(C(=O)CCCSc1ccccc1)c1nc2c(F)cccc2s1. The number of thiazole rings is 1. The molecule has 0 fully saturated rings. The number of para-hydroxylation sites is 1. The second-order valence-corrected chi connectivity index (χ2v) is 9.23. The van der Waals surface area contributed by atoms with Crippen LogP contribution in [0.5, 0.6) is 0 Å². The Morgan fingerprint density at radius 1 is 1.07 bits per heavy atom. The molecule has 3 rings (SSSR count). The summed E-state index contributed by atoms with van der Waals surface area (Å²) in [5.41, 5.74) is 0.345. The third kappa shape index (κ3) is 6.26. The van der Waals surface area contributed by atoms with Gasteiger partial charge in [0.1, 0.15) is 11.3 Å². The number of hydrogen-bond acceptors (Lipinski definition) is 5. The molecule has 0 aliphatic carbocycles. The van der Waals surface area contributed by atoms with Crippen LogP contribution in [-0.2, 0) is 4.79 Å². The Hall–Kier alpha value is -1.96. The van der Waals surface area contributed by atoms with Gasteiger partial charge in [0.15, 0.2) is 5.13 Å². The van der Waals surface area contributed by atoms with Gasteiger partial charge in [-0.15, -0.1) is 11.8 Å². The molecular formula is C22H26FN3OS2. The smallest absolute Gasteiger partial charge is 0.228 e. The van der Waals surface area contributed by atoms with E-state index >= 15 is 0 Å². The zero-order chi connectivity index (χ0) is 20.6. The largest absolute Gasteiger partial charge is 0.309 e. The summed E-state index contributed by atoms with van der Waals surface area (Å²) in [6.07, 6.45) is 2.10. The lowest BCUT2D eigenvalue weighted by Crippen LogP contribution is -2.33. The standard InChI is InChI=1S/C22H26FN3OS2/c1-25(2)14-8-15-26(22-24-21-18(23)11-6-12-19(21)29-22)20(27)13-7-16-28-17-9-4-3-5-10-17/h3-6,9-12H,7-8,13-16H2,1-2H3. The van der Waals surface area contributed by atoms with E-state index in [1.165, 1.54) is 22.3 Å². The molecule has 0 saturated heterocycles. The highest BCUT2D eigenvalue weighted by Gasteiger charge is 2.20. The molecule has 0 aliphatic heterocycles. The van der Waals surface area contributed by atoms with E-state index in [2.05, 4.69) is 22.0 Å². The Balaban J connectivity index is 1.65. The molecule has 4 nitrogen and oxygen atoms in total. The fraction of sp³-hybridized carbons (Fsp3) is 0.364. The topological polar surface area (TPSA) is 36.4 Å². The highest BCUT2D eigenvalue weighted by Crippen LogP contribution is 2.31. The van der Waals surface area contributed by atoms with Crippen molar-refractivity contribution in [3.63, 3.8) is 0 Å². The molecule has 0 bridgehead atoms. The summed E-state index contributed by atoms with van der Waals surface area (Å²) in [5, 5.41) is 0.588. The van der Waals surface area contributed by atoms with Gasteiger partial charge in [-0.1, -0.05) is 35.6 Å². The summed E-state index contributed by atoms with van der Waals surface area (Å²) in [4.78, 5) is 22.4. The van der Waals surface area contributed by atoms with Crippen LogP contribution in [0.4, 0.5) is 9.52 Å². The Morgan fingerprint density at radius 3 is 2.59 bits per heavy atom. The summed E-state index contributed by atoms with van der Waals surface area (Å²) < 4.78 is 14.8. The van der Waals surface area contributed by atoms with Crippen molar-refractivity contribution in [2.45, 2.75) is 24.2 Å². The van der Waals surface area contributed by atoms with Gasteiger partial charge in [-0.25, -0.2) is 9.37 Å². The molecule has 2 aromatic carbocycles. The van der Waals surface area contributed by atoms with Crippen LogP contribution in [0.15, 0.2) is 53.4 Å². The van der Waals surface area contributed by atoms with Crippen LogP contribution in [0.2, 0.25) is 0 Å². The van der Waals surface area contributed by atoms with E-state index in [1.807, 2.05) is 38.4 Å². The highest BCUT2D eigenvalue weighted by atomic mass is 32.2. The molecule has 7 heteroatoms. The maximum Gasteiger partial charge on any atom is 0.228 e. The summed E-state index contributed by atoms with van der Waals surface area (Å²) in [6, 6.07) is 15.1. The number of anilines is 1. The van der Waals surface area contributed by atoms with Gasteiger partial charge in [-0.3, -0.25) is 9.69 Å².